The van der Waals surface area contributed by atoms with Gasteiger partial charge in [0.05, 0.1) is 23.5 Å². The van der Waals surface area contributed by atoms with Gasteiger partial charge in [-0.2, -0.15) is 5.10 Å². The minimum absolute atomic E-state index is 0.184. The van der Waals surface area contributed by atoms with Crippen LogP contribution in [0.1, 0.15) is 16.4 Å². The van der Waals surface area contributed by atoms with E-state index in [4.69, 9.17) is 11.6 Å². The highest BCUT2D eigenvalue weighted by atomic mass is 35.5. The van der Waals surface area contributed by atoms with E-state index in [-0.39, 0.29) is 23.1 Å². The summed E-state index contributed by atoms with van der Waals surface area (Å²) >= 11 is 5.90. The van der Waals surface area contributed by atoms with Crippen LogP contribution in [-0.4, -0.2) is 38.7 Å². The zero-order valence-electron chi connectivity index (χ0n) is 14.0. The maximum Gasteiger partial charge on any atom is 0.267 e. The Morgan fingerprint density at radius 3 is 2.56 bits per heavy atom. The van der Waals surface area contributed by atoms with Gasteiger partial charge in [0.15, 0.2) is 0 Å². The number of nitrogens with zero attached hydrogens (tertiary/aromatic N) is 4. The first-order chi connectivity index (χ1) is 13.0. The molecule has 136 valence electrons. The van der Waals surface area contributed by atoms with E-state index in [0.717, 1.165) is 17.8 Å². The van der Waals surface area contributed by atoms with Crippen molar-refractivity contribution in [1.82, 2.24) is 19.7 Å². The summed E-state index contributed by atoms with van der Waals surface area (Å²) in [5.74, 6) is -0.883. The van der Waals surface area contributed by atoms with Crippen LogP contribution in [0.5, 0.6) is 0 Å². The van der Waals surface area contributed by atoms with Gasteiger partial charge in [0.1, 0.15) is 5.82 Å². The van der Waals surface area contributed by atoms with Crippen LogP contribution in [-0.2, 0) is 0 Å². The second-order valence-electron chi connectivity index (χ2n) is 6.26. The summed E-state index contributed by atoms with van der Waals surface area (Å²) in [4.78, 5) is 29.8. The Hall–Kier alpha value is -3.06. The summed E-state index contributed by atoms with van der Waals surface area (Å²) in [6, 6.07) is 11.2. The van der Waals surface area contributed by atoms with Gasteiger partial charge in [-0.25, -0.2) is 9.07 Å². The lowest BCUT2D eigenvalue weighted by Crippen LogP contribution is -2.53. The predicted molar refractivity (Wildman–Crippen MR) is 98.1 cm³/mol. The Labute approximate surface area is 158 Å². The second-order valence-corrected chi connectivity index (χ2v) is 6.70. The van der Waals surface area contributed by atoms with Crippen molar-refractivity contribution in [2.75, 3.05) is 13.1 Å². The largest absolute Gasteiger partial charge is 0.334 e. The normalized spacial score (nSPS) is 14.1. The van der Waals surface area contributed by atoms with E-state index in [9.17, 15) is 14.0 Å². The smallest absolute Gasteiger partial charge is 0.267 e. The van der Waals surface area contributed by atoms with Crippen LogP contribution in [0.3, 0.4) is 0 Å². The molecule has 3 aromatic rings. The molecule has 8 heteroatoms. The standard InChI is InChI=1S/C19H14ClFN4O2/c20-14-3-1-12(2-4-14)17-5-6-18(26)25(23-17)16-10-24(11-16)19(27)13-7-15(21)9-22-8-13/h1-9,16H,10-11H2. The van der Waals surface area contributed by atoms with Crippen LogP contribution in [0.25, 0.3) is 11.3 Å². The molecule has 0 spiro atoms. The Bertz CT molecular complexity index is 1060. The monoisotopic (exact) mass is 384 g/mol. The number of hydrogen-bond donors (Lipinski definition) is 0. The second kappa shape index (κ2) is 6.92. The van der Waals surface area contributed by atoms with Crippen molar-refractivity contribution in [3.8, 4) is 11.3 Å². The molecule has 0 aliphatic carbocycles. The third-order valence-electron chi connectivity index (χ3n) is 4.41. The number of carbonyl (C=O) groups excluding carboxylic acids is 1. The van der Waals surface area contributed by atoms with Gasteiger partial charge in [0, 0.05) is 35.9 Å². The lowest BCUT2D eigenvalue weighted by Gasteiger charge is -2.39. The van der Waals surface area contributed by atoms with Crippen molar-refractivity contribution in [2.45, 2.75) is 6.04 Å². The van der Waals surface area contributed by atoms with E-state index in [2.05, 4.69) is 10.1 Å². The summed E-state index contributed by atoms with van der Waals surface area (Å²) in [6.45, 7) is 0.651. The fourth-order valence-electron chi connectivity index (χ4n) is 2.95. The quantitative estimate of drug-likeness (QED) is 0.696. The van der Waals surface area contributed by atoms with Crippen molar-refractivity contribution in [3.63, 3.8) is 0 Å². The fourth-order valence-corrected chi connectivity index (χ4v) is 3.07. The molecule has 6 nitrogen and oxygen atoms in total. The molecule has 0 saturated carbocycles. The molecule has 0 unspecified atom stereocenters. The van der Waals surface area contributed by atoms with Gasteiger partial charge in [-0.15, -0.1) is 0 Å². The van der Waals surface area contributed by atoms with Gasteiger partial charge >= 0.3 is 0 Å². The number of halogens is 2. The van der Waals surface area contributed by atoms with Crippen molar-refractivity contribution >= 4 is 17.5 Å². The van der Waals surface area contributed by atoms with E-state index in [1.807, 2.05) is 12.1 Å². The zero-order valence-corrected chi connectivity index (χ0v) is 14.8. The first-order valence-electron chi connectivity index (χ1n) is 8.27. The average molecular weight is 385 g/mol. The lowest BCUT2D eigenvalue weighted by molar-refractivity contribution is 0.0492. The Morgan fingerprint density at radius 1 is 1.11 bits per heavy atom. The minimum atomic E-state index is -0.563. The Morgan fingerprint density at radius 2 is 1.85 bits per heavy atom. The molecule has 0 atom stereocenters. The summed E-state index contributed by atoms with van der Waals surface area (Å²) in [6.07, 6.45) is 2.37. The maximum absolute atomic E-state index is 13.2. The number of pyridine rings is 1. The summed E-state index contributed by atoms with van der Waals surface area (Å²) < 4.78 is 14.6. The fraction of sp³-hybridized carbons (Fsp3) is 0.158. The predicted octanol–water partition coefficient (Wildman–Crippen LogP) is 2.79. The molecule has 0 N–H and O–H groups in total. The molecule has 1 aliphatic heterocycles. The number of aromatic nitrogens is 3. The maximum atomic E-state index is 13.2. The molecule has 0 radical (unpaired) electrons. The Kier molecular flexibility index (Phi) is 4.45. The van der Waals surface area contributed by atoms with Gasteiger partial charge in [0.25, 0.3) is 11.5 Å². The van der Waals surface area contributed by atoms with Crippen molar-refractivity contribution in [1.29, 1.82) is 0 Å². The van der Waals surface area contributed by atoms with Crippen LogP contribution in [0.2, 0.25) is 5.02 Å². The zero-order chi connectivity index (χ0) is 19.0. The highest BCUT2D eigenvalue weighted by Crippen LogP contribution is 2.23. The van der Waals surface area contributed by atoms with Crippen LogP contribution >= 0.6 is 11.6 Å². The molecule has 27 heavy (non-hydrogen) atoms. The highest BCUT2D eigenvalue weighted by molar-refractivity contribution is 6.30. The molecule has 3 heterocycles. The van der Waals surface area contributed by atoms with E-state index in [1.165, 1.54) is 21.8 Å². The Balaban J connectivity index is 1.52. The molecule has 1 amide bonds. The molecular formula is C19H14ClFN4O2. The first-order valence-corrected chi connectivity index (χ1v) is 8.65. The molecule has 0 bridgehead atoms. The molecule has 4 rings (SSSR count). The van der Waals surface area contributed by atoms with E-state index >= 15 is 0 Å². The van der Waals surface area contributed by atoms with Crippen LogP contribution in [0, 0.1) is 5.82 Å². The van der Waals surface area contributed by atoms with Crippen LogP contribution in [0.15, 0.2) is 59.7 Å². The number of hydrogen-bond acceptors (Lipinski definition) is 4. The lowest BCUT2D eigenvalue weighted by atomic mass is 10.1. The van der Waals surface area contributed by atoms with E-state index in [1.54, 1.807) is 18.2 Å². The molecule has 1 aromatic carbocycles. The van der Waals surface area contributed by atoms with Gasteiger partial charge in [-0.05, 0) is 24.3 Å². The number of carbonyl (C=O) groups is 1. The molecule has 1 aliphatic rings. The van der Waals surface area contributed by atoms with Crippen molar-refractivity contribution in [2.24, 2.45) is 0 Å². The summed E-state index contributed by atoms with van der Waals surface area (Å²) in [5.41, 5.74) is 1.43. The number of likely N-dealkylation sites (tertiary alicyclic amines) is 1. The topological polar surface area (TPSA) is 68.1 Å². The third kappa shape index (κ3) is 3.46. The molecule has 1 fully saturated rings. The van der Waals surface area contributed by atoms with E-state index in [0.29, 0.717) is 23.8 Å². The average Bonchev–Trinajstić information content (AvgIpc) is 2.62. The van der Waals surface area contributed by atoms with Gasteiger partial charge in [-0.1, -0.05) is 23.7 Å². The van der Waals surface area contributed by atoms with Crippen LogP contribution < -0.4 is 5.56 Å². The summed E-state index contributed by atoms with van der Waals surface area (Å²) in [7, 11) is 0. The minimum Gasteiger partial charge on any atom is -0.334 e. The highest BCUT2D eigenvalue weighted by Gasteiger charge is 2.34. The van der Waals surface area contributed by atoms with Crippen molar-refractivity contribution < 1.29 is 9.18 Å². The SMILES string of the molecule is O=C(c1cncc(F)c1)N1CC(n2nc(-c3ccc(Cl)cc3)ccc2=O)C1. The first kappa shape index (κ1) is 17.4. The van der Waals surface area contributed by atoms with Gasteiger partial charge < -0.3 is 4.90 Å². The van der Waals surface area contributed by atoms with Crippen molar-refractivity contribution in [3.05, 3.63) is 81.6 Å². The third-order valence-corrected chi connectivity index (χ3v) is 4.66. The number of amides is 1. The van der Waals surface area contributed by atoms with Gasteiger partial charge in [0.2, 0.25) is 0 Å². The van der Waals surface area contributed by atoms with Gasteiger partial charge in [-0.3, -0.25) is 14.6 Å². The number of benzene rings is 1. The number of rotatable bonds is 3. The summed E-state index contributed by atoms with van der Waals surface area (Å²) in [5, 5.41) is 5.04. The molecule has 1 saturated heterocycles. The molecule has 2 aromatic heterocycles. The van der Waals surface area contributed by atoms with E-state index < -0.39 is 5.82 Å². The molecular weight excluding hydrogens is 371 g/mol. The van der Waals surface area contributed by atoms with Crippen LogP contribution in [0.4, 0.5) is 4.39 Å².